The van der Waals surface area contributed by atoms with Gasteiger partial charge in [0.15, 0.2) is 9.84 Å². The number of hydrogen-bond acceptors (Lipinski definition) is 4. The van der Waals surface area contributed by atoms with Crippen molar-refractivity contribution in [3.63, 3.8) is 0 Å². The minimum atomic E-state index is -3.65. The van der Waals surface area contributed by atoms with Crippen LogP contribution in [0.1, 0.15) is 17.5 Å². The van der Waals surface area contributed by atoms with Crippen LogP contribution in [0.15, 0.2) is 23.1 Å². The van der Waals surface area contributed by atoms with Crippen molar-refractivity contribution >= 4 is 15.7 Å². The van der Waals surface area contributed by atoms with Crippen LogP contribution in [0.5, 0.6) is 0 Å². The van der Waals surface area contributed by atoms with E-state index in [0.29, 0.717) is 5.56 Å². The molecule has 1 aromatic rings. The maximum atomic E-state index is 12.2. The van der Waals surface area contributed by atoms with Crippen LogP contribution >= 0.6 is 0 Å². The maximum Gasteiger partial charge on any atom is 0.237 e. The minimum Gasteiger partial charge on any atom is -0.344 e. The van der Waals surface area contributed by atoms with Gasteiger partial charge in [0, 0.05) is 13.6 Å². The first-order valence-electron chi connectivity index (χ1n) is 6.19. The average molecular weight is 294 g/mol. The third-order valence-corrected chi connectivity index (χ3v) is 4.72. The molecular formula is C14H18N2O3S. The molecule has 0 atom stereocenters. The Morgan fingerprint density at radius 1 is 1.35 bits per heavy atom. The predicted octanol–water partition coefficient (Wildman–Crippen LogP) is 1.45. The molecule has 0 aliphatic rings. The van der Waals surface area contributed by atoms with Gasteiger partial charge in [-0.3, -0.25) is 4.79 Å². The Morgan fingerprint density at radius 3 is 2.55 bits per heavy atom. The van der Waals surface area contributed by atoms with Crippen LogP contribution in [0.3, 0.4) is 0 Å². The Labute approximate surface area is 119 Å². The lowest BCUT2D eigenvalue weighted by atomic mass is 10.2. The molecule has 0 fully saturated rings. The van der Waals surface area contributed by atoms with Gasteiger partial charge >= 0.3 is 0 Å². The number of hydrogen-bond donors (Lipinski definition) is 0. The highest BCUT2D eigenvalue weighted by molar-refractivity contribution is 7.92. The summed E-state index contributed by atoms with van der Waals surface area (Å²) in [5.74, 6) is -1.07. The number of amides is 1. The van der Waals surface area contributed by atoms with Gasteiger partial charge in [-0.1, -0.05) is 17.7 Å². The van der Waals surface area contributed by atoms with Gasteiger partial charge in [-0.15, -0.1) is 0 Å². The van der Waals surface area contributed by atoms with Crippen molar-refractivity contribution in [3.05, 3.63) is 29.3 Å². The van der Waals surface area contributed by atoms with E-state index in [2.05, 4.69) is 0 Å². The molecule has 0 saturated heterocycles. The van der Waals surface area contributed by atoms with Crippen molar-refractivity contribution in [1.82, 2.24) is 4.90 Å². The van der Waals surface area contributed by atoms with Crippen LogP contribution in [0.2, 0.25) is 0 Å². The molecule has 1 amide bonds. The van der Waals surface area contributed by atoms with E-state index in [1.54, 1.807) is 19.1 Å². The van der Waals surface area contributed by atoms with Crippen molar-refractivity contribution < 1.29 is 13.2 Å². The molecule has 5 nitrogen and oxygen atoms in total. The summed E-state index contributed by atoms with van der Waals surface area (Å²) in [5, 5.41) is 8.46. The topological polar surface area (TPSA) is 78.2 Å². The van der Waals surface area contributed by atoms with Gasteiger partial charge in [0.25, 0.3) is 0 Å². The van der Waals surface area contributed by atoms with Gasteiger partial charge in [-0.05, 0) is 25.5 Å². The standard InChI is InChI=1S/C14H18N2O3S/c1-11-5-6-13(12(2)9-11)20(18,19)10-14(17)16(3)8-4-7-15/h5-6,9H,4,8,10H2,1-3H3. The molecule has 20 heavy (non-hydrogen) atoms. The van der Waals surface area contributed by atoms with Crippen LogP contribution in [-0.4, -0.2) is 38.6 Å². The van der Waals surface area contributed by atoms with E-state index in [1.165, 1.54) is 18.0 Å². The summed E-state index contributed by atoms with van der Waals surface area (Å²) in [4.78, 5) is 13.3. The first-order valence-corrected chi connectivity index (χ1v) is 7.84. The summed E-state index contributed by atoms with van der Waals surface area (Å²) in [6, 6.07) is 6.94. The molecule has 0 heterocycles. The van der Waals surface area contributed by atoms with Crippen LogP contribution in [0.25, 0.3) is 0 Å². The largest absolute Gasteiger partial charge is 0.344 e. The zero-order valence-electron chi connectivity index (χ0n) is 11.9. The van der Waals surface area contributed by atoms with E-state index < -0.39 is 21.5 Å². The van der Waals surface area contributed by atoms with E-state index in [9.17, 15) is 13.2 Å². The highest BCUT2D eigenvalue weighted by atomic mass is 32.2. The molecule has 0 radical (unpaired) electrons. The van der Waals surface area contributed by atoms with Crippen LogP contribution in [0, 0.1) is 25.2 Å². The fourth-order valence-electron chi connectivity index (χ4n) is 1.84. The summed E-state index contributed by atoms with van der Waals surface area (Å²) in [6.45, 7) is 3.83. The van der Waals surface area contributed by atoms with E-state index in [1.807, 2.05) is 13.0 Å². The molecule has 6 heteroatoms. The number of nitriles is 1. The second-order valence-corrected chi connectivity index (χ2v) is 6.71. The summed E-state index contributed by atoms with van der Waals surface area (Å²) < 4.78 is 24.5. The fraction of sp³-hybridized carbons (Fsp3) is 0.429. The fourth-order valence-corrected chi connectivity index (χ4v) is 3.37. The SMILES string of the molecule is Cc1ccc(S(=O)(=O)CC(=O)N(C)CCC#N)c(C)c1. The van der Waals surface area contributed by atoms with Crippen molar-refractivity contribution in [1.29, 1.82) is 5.26 Å². The Kier molecular flexibility index (Phi) is 5.28. The quantitative estimate of drug-likeness (QED) is 0.823. The molecule has 0 aliphatic heterocycles. The lowest BCUT2D eigenvalue weighted by Crippen LogP contribution is -2.33. The van der Waals surface area contributed by atoms with Gasteiger partial charge in [0.1, 0.15) is 5.75 Å². The Hall–Kier alpha value is -1.87. The Bertz CT molecular complexity index is 645. The molecule has 0 aromatic heterocycles. The predicted molar refractivity (Wildman–Crippen MR) is 75.8 cm³/mol. The number of carbonyl (C=O) groups excluding carboxylic acids is 1. The molecule has 108 valence electrons. The van der Waals surface area contributed by atoms with Gasteiger partial charge in [-0.2, -0.15) is 5.26 Å². The highest BCUT2D eigenvalue weighted by Gasteiger charge is 2.23. The third-order valence-electron chi connectivity index (χ3n) is 2.96. The Balaban J connectivity index is 2.90. The summed E-state index contributed by atoms with van der Waals surface area (Å²) in [5.41, 5.74) is 1.61. The lowest BCUT2D eigenvalue weighted by Gasteiger charge is -2.16. The smallest absolute Gasteiger partial charge is 0.237 e. The molecule has 0 bridgehead atoms. The maximum absolute atomic E-state index is 12.2. The monoisotopic (exact) mass is 294 g/mol. The number of sulfone groups is 1. The molecule has 0 spiro atoms. The molecule has 0 N–H and O–H groups in total. The molecule has 1 aromatic carbocycles. The van der Waals surface area contributed by atoms with Crippen molar-refractivity contribution in [2.75, 3.05) is 19.3 Å². The first kappa shape index (κ1) is 16.2. The van der Waals surface area contributed by atoms with Crippen molar-refractivity contribution in [2.24, 2.45) is 0 Å². The summed E-state index contributed by atoms with van der Waals surface area (Å²) in [6.07, 6.45) is 0.186. The number of carbonyl (C=O) groups is 1. The molecule has 0 aliphatic carbocycles. The van der Waals surface area contributed by atoms with E-state index in [0.717, 1.165) is 5.56 Å². The minimum absolute atomic E-state index is 0.185. The Morgan fingerprint density at radius 2 is 2.00 bits per heavy atom. The number of aryl methyl sites for hydroxylation is 2. The van der Waals surface area contributed by atoms with E-state index >= 15 is 0 Å². The zero-order chi connectivity index (χ0) is 15.3. The zero-order valence-corrected chi connectivity index (χ0v) is 12.7. The van der Waals surface area contributed by atoms with Crippen LogP contribution in [-0.2, 0) is 14.6 Å². The number of rotatable bonds is 5. The van der Waals surface area contributed by atoms with Gasteiger partial charge < -0.3 is 4.90 Å². The normalized spacial score (nSPS) is 10.9. The first-order chi connectivity index (χ1) is 9.27. The summed E-state index contributed by atoms with van der Waals surface area (Å²) in [7, 11) is -2.15. The van der Waals surface area contributed by atoms with Crippen molar-refractivity contribution in [2.45, 2.75) is 25.2 Å². The van der Waals surface area contributed by atoms with E-state index in [-0.39, 0.29) is 17.9 Å². The lowest BCUT2D eigenvalue weighted by molar-refractivity contribution is -0.127. The van der Waals surface area contributed by atoms with E-state index in [4.69, 9.17) is 5.26 Å². The van der Waals surface area contributed by atoms with Crippen molar-refractivity contribution in [3.8, 4) is 6.07 Å². The summed E-state index contributed by atoms with van der Waals surface area (Å²) >= 11 is 0. The molecule has 1 rings (SSSR count). The van der Waals surface area contributed by atoms with Gasteiger partial charge in [0.05, 0.1) is 17.4 Å². The van der Waals surface area contributed by atoms with Gasteiger partial charge in [-0.25, -0.2) is 8.42 Å². The molecule has 0 saturated carbocycles. The highest BCUT2D eigenvalue weighted by Crippen LogP contribution is 2.18. The average Bonchev–Trinajstić information content (AvgIpc) is 2.34. The van der Waals surface area contributed by atoms with Crippen LogP contribution in [0.4, 0.5) is 0 Å². The molecular weight excluding hydrogens is 276 g/mol. The van der Waals surface area contributed by atoms with Crippen LogP contribution < -0.4 is 0 Å². The second-order valence-electron chi connectivity index (χ2n) is 4.75. The second kappa shape index (κ2) is 6.53. The molecule has 0 unspecified atom stereocenters. The third kappa shape index (κ3) is 4.07. The van der Waals surface area contributed by atoms with Gasteiger partial charge in [0.2, 0.25) is 5.91 Å². The number of nitrogens with zero attached hydrogens (tertiary/aromatic N) is 2. The number of benzene rings is 1.